The van der Waals surface area contributed by atoms with Gasteiger partial charge in [0.05, 0.1) is 5.01 Å². The van der Waals surface area contributed by atoms with Gasteiger partial charge in [-0.1, -0.05) is 19.9 Å². The van der Waals surface area contributed by atoms with E-state index >= 15 is 0 Å². The molecule has 90 valence electrons. The minimum Gasteiger partial charge on any atom is -0.316 e. The Bertz CT molecular complexity index is 332. The molecule has 1 N–H and O–H groups in total. The molecule has 1 rings (SSSR count). The molecule has 1 atom stereocenters. The molecule has 1 aromatic rings. The third kappa shape index (κ3) is 4.06. The number of hydrogen-bond acceptors (Lipinski definition) is 3. The summed E-state index contributed by atoms with van der Waals surface area (Å²) in [4.78, 5) is 5.64. The van der Waals surface area contributed by atoms with Gasteiger partial charge in [-0.05, 0) is 26.3 Å². The van der Waals surface area contributed by atoms with Crippen LogP contribution in [0.5, 0.6) is 0 Å². The van der Waals surface area contributed by atoms with E-state index in [1.807, 2.05) is 6.20 Å². The van der Waals surface area contributed by atoms with Gasteiger partial charge in [-0.3, -0.25) is 0 Å². The number of nitrogens with one attached hydrogen (secondary N) is 1. The van der Waals surface area contributed by atoms with E-state index < -0.39 is 0 Å². The Kier molecular flexibility index (Phi) is 5.16. The zero-order valence-electron chi connectivity index (χ0n) is 10.5. The Morgan fingerprint density at radius 3 is 2.88 bits per heavy atom. The fourth-order valence-electron chi connectivity index (χ4n) is 1.64. The average molecular weight is 238 g/mol. The van der Waals surface area contributed by atoms with Crippen molar-refractivity contribution in [2.75, 3.05) is 13.1 Å². The van der Waals surface area contributed by atoms with Crippen LogP contribution in [0.3, 0.4) is 0 Å². The Morgan fingerprint density at radius 2 is 2.38 bits per heavy atom. The molecule has 0 saturated heterocycles. The molecule has 0 aliphatic rings. The van der Waals surface area contributed by atoms with Crippen molar-refractivity contribution in [3.8, 4) is 0 Å². The molecule has 0 bridgehead atoms. The highest BCUT2D eigenvalue weighted by Gasteiger charge is 2.21. The molecule has 0 radical (unpaired) electrons. The first-order chi connectivity index (χ1) is 7.59. The Hall–Kier alpha value is -0.670. The lowest BCUT2D eigenvalue weighted by Crippen LogP contribution is -2.32. The van der Waals surface area contributed by atoms with Crippen LogP contribution < -0.4 is 5.32 Å². The molecule has 16 heavy (non-hydrogen) atoms. The van der Waals surface area contributed by atoms with Gasteiger partial charge in [0.1, 0.15) is 0 Å². The van der Waals surface area contributed by atoms with E-state index in [-0.39, 0.29) is 5.41 Å². The lowest BCUT2D eigenvalue weighted by Gasteiger charge is -2.25. The van der Waals surface area contributed by atoms with Gasteiger partial charge < -0.3 is 5.32 Å². The highest BCUT2D eigenvalue weighted by Crippen LogP contribution is 2.26. The quantitative estimate of drug-likeness (QED) is 0.583. The number of hydrogen-bond donors (Lipinski definition) is 1. The van der Waals surface area contributed by atoms with Gasteiger partial charge in [-0.25, -0.2) is 4.98 Å². The summed E-state index contributed by atoms with van der Waals surface area (Å²) < 4.78 is 0. The maximum Gasteiger partial charge on any atom is 0.0896 e. The van der Waals surface area contributed by atoms with Crippen LogP contribution in [-0.2, 0) is 6.42 Å². The first kappa shape index (κ1) is 13.4. The van der Waals surface area contributed by atoms with Gasteiger partial charge in [0.25, 0.3) is 0 Å². The van der Waals surface area contributed by atoms with E-state index in [9.17, 15) is 0 Å². The highest BCUT2D eigenvalue weighted by atomic mass is 32.1. The van der Waals surface area contributed by atoms with Crippen LogP contribution in [0.25, 0.3) is 0 Å². The summed E-state index contributed by atoms with van der Waals surface area (Å²) in [6.45, 7) is 12.5. The number of thiazole rings is 1. The van der Waals surface area contributed by atoms with Crippen molar-refractivity contribution in [1.82, 2.24) is 10.3 Å². The number of nitrogens with zero attached hydrogens (tertiary/aromatic N) is 1. The normalized spacial score (nSPS) is 14.7. The second-order valence-corrected chi connectivity index (χ2v) is 5.88. The third-order valence-electron chi connectivity index (χ3n) is 2.70. The van der Waals surface area contributed by atoms with Gasteiger partial charge in [-0.15, -0.1) is 17.9 Å². The van der Waals surface area contributed by atoms with Crippen molar-refractivity contribution >= 4 is 11.3 Å². The van der Waals surface area contributed by atoms with Crippen LogP contribution in [-0.4, -0.2) is 18.1 Å². The minimum atomic E-state index is 0.133. The summed E-state index contributed by atoms with van der Waals surface area (Å²) in [7, 11) is 0. The van der Waals surface area contributed by atoms with Gasteiger partial charge in [0.15, 0.2) is 0 Å². The van der Waals surface area contributed by atoms with Crippen LogP contribution in [0.15, 0.2) is 18.9 Å². The minimum absolute atomic E-state index is 0.133. The van der Waals surface area contributed by atoms with Gasteiger partial charge in [-0.2, -0.15) is 0 Å². The fraction of sp³-hybridized carbons (Fsp3) is 0.615. The molecule has 0 saturated carbocycles. The molecule has 2 nitrogen and oxygen atoms in total. The number of rotatable bonds is 7. The molecule has 3 heteroatoms. The third-order valence-corrected chi connectivity index (χ3v) is 3.61. The van der Waals surface area contributed by atoms with Crippen molar-refractivity contribution in [2.24, 2.45) is 5.41 Å². The molecule has 0 spiro atoms. The zero-order chi connectivity index (χ0) is 12.0. The van der Waals surface area contributed by atoms with E-state index in [4.69, 9.17) is 0 Å². The van der Waals surface area contributed by atoms with Crippen molar-refractivity contribution < 1.29 is 0 Å². The fourth-order valence-corrected chi connectivity index (χ4v) is 2.63. The van der Waals surface area contributed by atoms with Crippen molar-refractivity contribution in [2.45, 2.75) is 33.6 Å². The first-order valence-electron chi connectivity index (χ1n) is 5.85. The number of aromatic nitrogens is 1. The van der Waals surface area contributed by atoms with Crippen LogP contribution in [0.1, 0.15) is 30.2 Å². The smallest absolute Gasteiger partial charge is 0.0896 e. The second-order valence-electron chi connectivity index (χ2n) is 4.56. The number of aryl methyl sites for hydroxylation is 1. The lowest BCUT2D eigenvalue weighted by molar-refractivity contribution is 0.394. The summed E-state index contributed by atoms with van der Waals surface area (Å²) in [6, 6.07) is 0. The first-order valence-corrected chi connectivity index (χ1v) is 6.67. The molecule has 1 heterocycles. The van der Waals surface area contributed by atoms with Crippen LogP contribution >= 0.6 is 11.3 Å². The standard InChI is InChI=1S/C13H22N2S/c1-5-7-14-10-13(4,6-2)8-12-9-15-11(3)16-12/h6,9,14H,2,5,7-8,10H2,1,3-4H3. The van der Waals surface area contributed by atoms with E-state index in [1.54, 1.807) is 11.3 Å². The average Bonchev–Trinajstić information content (AvgIpc) is 2.64. The predicted molar refractivity (Wildman–Crippen MR) is 72.0 cm³/mol. The summed E-state index contributed by atoms with van der Waals surface area (Å²) in [5.74, 6) is 0. The van der Waals surface area contributed by atoms with Gasteiger partial charge in [0, 0.05) is 23.0 Å². The summed E-state index contributed by atoms with van der Waals surface area (Å²) in [5.41, 5.74) is 0.133. The molecule has 0 amide bonds. The molecule has 1 unspecified atom stereocenters. The molecule has 0 aromatic carbocycles. The van der Waals surface area contributed by atoms with E-state index in [1.165, 1.54) is 11.3 Å². The maximum absolute atomic E-state index is 4.30. The van der Waals surface area contributed by atoms with E-state index in [0.717, 1.165) is 24.5 Å². The monoisotopic (exact) mass is 238 g/mol. The van der Waals surface area contributed by atoms with Crippen molar-refractivity contribution in [1.29, 1.82) is 0 Å². The van der Waals surface area contributed by atoms with Crippen molar-refractivity contribution in [3.63, 3.8) is 0 Å². The molecule has 1 aromatic heterocycles. The molecular formula is C13H22N2S. The van der Waals surface area contributed by atoms with Crippen LogP contribution in [0, 0.1) is 12.3 Å². The Morgan fingerprint density at radius 1 is 1.62 bits per heavy atom. The summed E-state index contributed by atoms with van der Waals surface area (Å²) in [5, 5.41) is 4.61. The Labute approximate surface area is 103 Å². The van der Waals surface area contributed by atoms with Crippen LogP contribution in [0.2, 0.25) is 0 Å². The van der Waals surface area contributed by atoms with Gasteiger partial charge >= 0.3 is 0 Å². The second kappa shape index (κ2) is 6.16. The van der Waals surface area contributed by atoms with Crippen LogP contribution in [0.4, 0.5) is 0 Å². The topological polar surface area (TPSA) is 24.9 Å². The molecule has 0 fully saturated rings. The summed E-state index contributed by atoms with van der Waals surface area (Å²) in [6.07, 6.45) is 6.25. The SMILES string of the molecule is C=CC(C)(CNCCC)Cc1cnc(C)s1. The lowest BCUT2D eigenvalue weighted by atomic mass is 9.86. The molecule has 0 aliphatic carbocycles. The zero-order valence-corrected chi connectivity index (χ0v) is 11.4. The summed E-state index contributed by atoms with van der Waals surface area (Å²) >= 11 is 1.78. The highest BCUT2D eigenvalue weighted by molar-refractivity contribution is 7.11. The van der Waals surface area contributed by atoms with E-state index in [2.05, 4.69) is 43.7 Å². The Balaban J connectivity index is 2.55. The maximum atomic E-state index is 4.30. The largest absolute Gasteiger partial charge is 0.316 e. The molecule has 0 aliphatic heterocycles. The molecular weight excluding hydrogens is 216 g/mol. The van der Waals surface area contributed by atoms with E-state index in [0.29, 0.717) is 0 Å². The predicted octanol–water partition coefficient (Wildman–Crippen LogP) is 3.19. The van der Waals surface area contributed by atoms with Gasteiger partial charge in [0.2, 0.25) is 0 Å². The van der Waals surface area contributed by atoms with Crippen molar-refractivity contribution in [3.05, 3.63) is 28.7 Å².